The van der Waals surface area contributed by atoms with Crippen LogP contribution in [0.25, 0.3) is 11.3 Å². The van der Waals surface area contributed by atoms with E-state index in [1.54, 1.807) is 7.11 Å². The number of rotatable bonds is 5. The van der Waals surface area contributed by atoms with Crippen LogP contribution in [0.4, 0.5) is 0 Å². The average Bonchev–Trinajstić information content (AvgIpc) is 2.71. The molecule has 0 aliphatic rings. The number of nitrogens with zero attached hydrogens (tertiary/aromatic N) is 1. The molecule has 4 nitrogen and oxygen atoms in total. The van der Waals surface area contributed by atoms with Gasteiger partial charge in [0.15, 0.2) is 0 Å². The minimum Gasteiger partial charge on any atom is -0.497 e. The standard InChI is InChI=1S/C14H18N2O2S/c1-10-13(11-4-6-12(18-2)7-5-11)16(9-3-8-15)14(17)19-10/h4-7H,3,8-9,15H2,1-2H3. The molecule has 0 aliphatic heterocycles. The third kappa shape index (κ3) is 2.88. The van der Waals surface area contributed by atoms with Crippen LogP contribution in [0.3, 0.4) is 0 Å². The van der Waals surface area contributed by atoms with E-state index in [4.69, 9.17) is 10.5 Å². The van der Waals surface area contributed by atoms with Crippen molar-refractivity contribution in [3.8, 4) is 17.0 Å². The second-order valence-electron chi connectivity index (χ2n) is 4.30. The van der Waals surface area contributed by atoms with Crippen LogP contribution in [-0.2, 0) is 6.54 Å². The van der Waals surface area contributed by atoms with Crippen molar-refractivity contribution in [3.63, 3.8) is 0 Å². The average molecular weight is 278 g/mol. The lowest BCUT2D eigenvalue weighted by Crippen LogP contribution is -2.16. The second kappa shape index (κ2) is 6.04. The van der Waals surface area contributed by atoms with E-state index in [0.717, 1.165) is 28.3 Å². The Morgan fingerprint density at radius 2 is 2.00 bits per heavy atom. The molecule has 2 aromatic rings. The Balaban J connectivity index is 2.44. The van der Waals surface area contributed by atoms with Crippen LogP contribution in [0, 0.1) is 6.92 Å². The number of hydrogen-bond donors (Lipinski definition) is 1. The first-order chi connectivity index (χ1) is 9.17. The van der Waals surface area contributed by atoms with Crippen LogP contribution in [-0.4, -0.2) is 18.2 Å². The van der Waals surface area contributed by atoms with Gasteiger partial charge in [0.1, 0.15) is 5.75 Å². The largest absolute Gasteiger partial charge is 0.497 e. The van der Waals surface area contributed by atoms with E-state index in [9.17, 15) is 4.79 Å². The summed E-state index contributed by atoms with van der Waals surface area (Å²) in [7, 11) is 1.64. The van der Waals surface area contributed by atoms with E-state index >= 15 is 0 Å². The Labute approximate surface area is 116 Å². The maximum absolute atomic E-state index is 12.0. The molecule has 1 aromatic carbocycles. The van der Waals surface area contributed by atoms with Gasteiger partial charge in [0.05, 0.1) is 12.8 Å². The summed E-state index contributed by atoms with van der Waals surface area (Å²) < 4.78 is 6.97. The molecule has 0 saturated carbocycles. The second-order valence-corrected chi connectivity index (χ2v) is 5.46. The minimum absolute atomic E-state index is 0.0803. The number of ether oxygens (including phenoxy) is 1. The van der Waals surface area contributed by atoms with Crippen molar-refractivity contribution in [1.29, 1.82) is 0 Å². The summed E-state index contributed by atoms with van der Waals surface area (Å²) in [5.74, 6) is 0.812. The van der Waals surface area contributed by atoms with Crippen molar-refractivity contribution in [2.75, 3.05) is 13.7 Å². The fraction of sp³-hybridized carbons (Fsp3) is 0.357. The number of benzene rings is 1. The smallest absolute Gasteiger partial charge is 0.307 e. The highest BCUT2D eigenvalue weighted by atomic mass is 32.1. The molecule has 0 amide bonds. The lowest BCUT2D eigenvalue weighted by atomic mass is 10.1. The summed E-state index contributed by atoms with van der Waals surface area (Å²) in [6, 6.07) is 7.77. The molecule has 19 heavy (non-hydrogen) atoms. The summed E-state index contributed by atoms with van der Waals surface area (Å²) in [6.07, 6.45) is 0.805. The summed E-state index contributed by atoms with van der Waals surface area (Å²) >= 11 is 1.29. The van der Waals surface area contributed by atoms with Crippen LogP contribution in [0.1, 0.15) is 11.3 Å². The predicted octanol–water partition coefficient (Wildman–Crippen LogP) is 2.24. The van der Waals surface area contributed by atoms with Crippen molar-refractivity contribution in [3.05, 3.63) is 38.8 Å². The number of hydrogen-bond acceptors (Lipinski definition) is 4. The Hall–Kier alpha value is -1.59. The van der Waals surface area contributed by atoms with Crippen LogP contribution >= 0.6 is 11.3 Å². The number of methoxy groups -OCH3 is 1. The van der Waals surface area contributed by atoms with E-state index < -0.39 is 0 Å². The Morgan fingerprint density at radius 1 is 1.32 bits per heavy atom. The minimum atomic E-state index is 0.0803. The van der Waals surface area contributed by atoms with Crippen molar-refractivity contribution in [2.24, 2.45) is 5.73 Å². The summed E-state index contributed by atoms with van der Waals surface area (Å²) in [4.78, 5) is 13.1. The van der Waals surface area contributed by atoms with E-state index in [2.05, 4.69) is 0 Å². The summed E-state index contributed by atoms with van der Waals surface area (Å²) in [6.45, 7) is 3.23. The third-order valence-electron chi connectivity index (χ3n) is 3.01. The van der Waals surface area contributed by atoms with E-state index in [1.165, 1.54) is 11.3 Å². The molecule has 102 valence electrons. The lowest BCUT2D eigenvalue weighted by Gasteiger charge is -2.09. The van der Waals surface area contributed by atoms with E-state index in [-0.39, 0.29) is 4.87 Å². The molecule has 0 saturated heterocycles. The molecule has 0 bridgehead atoms. The highest BCUT2D eigenvalue weighted by Gasteiger charge is 2.13. The zero-order valence-electron chi connectivity index (χ0n) is 11.2. The van der Waals surface area contributed by atoms with Gasteiger partial charge in [-0.05, 0) is 49.7 Å². The van der Waals surface area contributed by atoms with Gasteiger partial charge in [-0.3, -0.25) is 9.36 Å². The van der Waals surface area contributed by atoms with Crippen molar-refractivity contribution < 1.29 is 4.74 Å². The molecule has 0 unspecified atom stereocenters. The molecule has 0 fully saturated rings. The van der Waals surface area contributed by atoms with Crippen molar-refractivity contribution >= 4 is 11.3 Å². The van der Waals surface area contributed by atoms with Gasteiger partial charge in [-0.1, -0.05) is 11.3 Å². The first kappa shape index (κ1) is 13.8. The van der Waals surface area contributed by atoms with Gasteiger partial charge < -0.3 is 10.5 Å². The fourth-order valence-electron chi connectivity index (χ4n) is 2.08. The van der Waals surface area contributed by atoms with Gasteiger partial charge in [-0.15, -0.1) is 0 Å². The fourth-order valence-corrected chi connectivity index (χ4v) is 2.96. The normalized spacial score (nSPS) is 10.7. The van der Waals surface area contributed by atoms with Crippen LogP contribution in [0.5, 0.6) is 5.75 Å². The first-order valence-corrected chi connectivity index (χ1v) is 7.03. The molecular weight excluding hydrogens is 260 g/mol. The highest BCUT2D eigenvalue weighted by Crippen LogP contribution is 2.27. The van der Waals surface area contributed by atoms with Gasteiger partial charge >= 0.3 is 4.87 Å². The van der Waals surface area contributed by atoms with Gasteiger partial charge in [-0.2, -0.15) is 0 Å². The Kier molecular flexibility index (Phi) is 4.39. The van der Waals surface area contributed by atoms with Crippen LogP contribution < -0.4 is 15.3 Å². The van der Waals surface area contributed by atoms with E-state index in [1.807, 2.05) is 35.8 Å². The molecular formula is C14H18N2O2S. The SMILES string of the molecule is COc1ccc(-c2c(C)sc(=O)n2CCCN)cc1. The maximum atomic E-state index is 12.0. The lowest BCUT2D eigenvalue weighted by molar-refractivity contribution is 0.415. The van der Waals surface area contributed by atoms with Crippen LogP contribution in [0.15, 0.2) is 29.1 Å². The predicted molar refractivity (Wildman–Crippen MR) is 79.0 cm³/mol. The number of thiazole rings is 1. The van der Waals surface area contributed by atoms with Crippen LogP contribution in [0.2, 0.25) is 0 Å². The molecule has 2 N–H and O–H groups in total. The third-order valence-corrected chi connectivity index (χ3v) is 3.91. The summed E-state index contributed by atoms with van der Waals surface area (Å²) in [5, 5.41) is 0. The molecule has 0 atom stereocenters. The number of aromatic nitrogens is 1. The quantitative estimate of drug-likeness (QED) is 0.912. The molecule has 0 spiro atoms. The highest BCUT2D eigenvalue weighted by molar-refractivity contribution is 7.09. The molecule has 1 heterocycles. The number of nitrogens with two attached hydrogens (primary N) is 1. The Morgan fingerprint density at radius 3 is 2.58 bits per heavy atom. The zero-order chi connectivity index (χ0) is 13.8. The van der Waals surface area contributed by atoms with Gasteiger partial charge in [0.2, 0.25) is 0 Å². The molecule has 2 rings (SSSR count). The molecule has 5 heteroatoms. The maximum Gasteiger partial charge on any atom is 0.307 e. The van der Waals surface area contributed by atoms with Crippen molar-refractivity contribution in [1.82, 2.24) is 4.57 Å². The van der Waals surface area contributed by atoms with Gasteiger partial charge in [-0.25, -0.2) is 0 Å². The summed E-state index contributed by atoms with van der Waals surface area (Å²) in [5.41, 5.74) is 7.56. The number of aryl methyl sites for hydroxylation is 1. The van der Waals surface area contributed by atoms with E-state index in [0.29, 0.717) is 13.1 Å². The Bertz CT molecular complexity index is 599. The first-order valence-electron chi connectivity index (χ1n) is 6.22. The van der Waals surface area contributed by atoms with Crippen molar-refractivity contribution in [2.45, 2.75) is 19.9 Å². The zero-order valence-corrected chi connectivity index (χ0v) is 12.0. The van der Waals surface area contributed by atoms with Gasteiger partial charge in [0, 0.05) is 11.4 Å². The monoisotopic (exact) mass is 278 g/mol. The molecule has 1 aromatic heterocycles. The molecule has 0 aliphatic carbocycles. The van der Waals surface area contributed by atoms with Gasteiger partial charge in [0.25, 0.3) is 0 Å². The topological polar surface area (TPSA) is 57.2 Å². The molecule has 0 radical (unpaired) electrons.